The van der Waals surface area contributed by atoms with E-state index in [-0.39, 0.29) is 5.91 Å². The van der Waals surface area contributed by atoms with E-state index >= 15 is 0 Å². The van der Waals surface area contributed by atoms with Crippen LogP contribution in [0, 0.1) is 4.77 Å². The molecule has 0 aliphatic heterocycles. The van der Waals surface area contributed by atoms with Gasteiger partial charge in [0.2, 0.25) is 0 Å². The molecule has 0 saturated carbocycles. The third-order valence-electron chi connectivity index (χ3n) is 3.35. The summed E-state index contributed by atoms with van der Waals surface area (Å²) >= 11 is 5.30. The highest BCUT2D eigenvalue weighted by molar-refractivity contribution is 7.71. The lowest BCUT2D eigenvalue weighted by Crippen LogP contribution is -2.30. The number of nitrogens with one attached hydrogen (secondary N) is 1. The van der Waals surface area contributed by atoms with Crippen LogP contribution >= 0.6 is 12.2 Å². The van der Waals surface area contributed by atoms with Gasteiger partial charge in [-0.25, -0.2) is 0 Å². The molecule has 2 aromatic rings. The van der Waals surface area contributed by atoms with Crippen LogP contribution in [0.15, 0.2) is 30.5 Å². The first-order valence-electron chi connectivity index (χ1n) is 6.86. The number of aromatic amines is 1. The van der Waals surface area contributed by atoms with Gasteiger partial charge in [-0.3, -0.25) is 9.36 Å². The van der Waals surface area contributed by atoms with Crippen LogP contribution in [-0.2, 0) is 0 Å². The van der Waals surface area contributed by atoms with Gasteiger partial charge in [-0.1, -0.05) is 0 Å². The fourth-order valence-electron chi connectivity index (χ4n) is 2.12. The Labute approximate surface area is 129 Å². The van der Waals surface area contributed by atoms with E-state index in [2.05, 4.69) is 4.98 Å². The van der Waals surface area contributed by atoms with E-state index < -0.39 is 0 Å². The van der Waals surface area contributed by atoms with Crippen LogP contribution in [0.1, 0.15) is 24.3 Å². The van der Waals surface area contributed by atoms with Crippen molar-refractivity contribution in [1.82, 2.24) is 14.5 Å². The van der Waals surface area contributed by atoms with Crippen LogP contribution in [0.2, 0.25) is 0 Å². The highest BCUT2D eigenvalue weighted by Crippen LogP contribution is 2.16. The van der Waals surface area contributed by atoms with Crippen molar-refractivity contribution in [2.45, 2.75) is 13.8 Å². The number of hydrogen-bond donors (Lipinski definition) is 1. The van der Waals surface area contributed by atoms with Gasteiger partial charge < -0.3 is 14.6 Å². The van der Waals surface area contributed by atoms with Crippen molar-refractivity contribution in [3.05, 3.63) is 40.9 Å². The lowest BCUT2D eigenvalue weighted by molar-refractivity contribution is 0.0767. The summed E-state index contributed by atoms with van der Waals surface area (Å²) in [4.78, 5) is 17.0. The number of nitrogens with zero attached hydrogens (tertiary/aromatic N) is 2. The SMILES string of the molecule is CCN(CC)C(=O)c1cn(-c2ccc(OC)cc2)c(=S)[nH]1. The molecule has 0 spiro atoms. The molecule has 0 aliphatic carbocycles. The summed E-state index contributed by atoms with van der Waals surface area (Å²) in [6.45, 7) is 5.25. The Kier molecular flexibility index (Phi) is 4.80. The fraction of sp³-hybridized carbons (Fsp3) is 0.333. The van der Waals surface area contributed by atoms with Gasteiger partial charge in [-0.2, -0.15) is 0 Å². The van der Waals surface area contributed by atoms with Gasteiger partial charge in [-0.05, 0) is 50.3 Å². The summed E-state index contributed by atoms with van der Waals surface area (Å²) in [5.74, 6) is 0.735. The van der Waals surface area contributed by atoms with E-state index in [0.717, 1.165) is 11.4 Å². The van der Waals surface area contributed by atoms with Crippen molar-refractivity contribution in [2.75, 3.05) is 20.2 Å². The molecule has 0 saturated heterocycles. The van der Waals surface area contributed by atoms with Crippen molar-refractivity contribution in [3.63, 3.8) is 0 Å². The van der Waals surface area contributed by atoms with Gasteiger partial charge in [0.15, 0.2) is 4.77 Å². The van der Waals surface area contributed by atoms with Gasteiger partial charge in [0.25, 0.3) is 5.91 Å². The minimum absolute atomic E-state index is 0.0432. The average Bonchev–Trinajstić information content (AvgIpc) is 2.90. The van der Waals surface area contributed by atoms with E-state index in [9.17, 15) is 4.79 Å². The van der Waals surface area contributed by atoms with Gasteiger partial charge in [0.05, 0.1) is 7.11 Å². The lowest BCUT2D eigenvalue weighted by atomic mass is 10.3. The number of rotatable bonds is 5. The van der Waals surface area contributed by atoms with E-state index in [0.29, 0.717) is 23.6 Å². The molecule has 21 heavy (non-hydrogen) atoms. The molecule has 0 radical (unpaired) electrons. The van der Waals surface area contributed by atoms with Crippen molar-refractivity contribution >= 4 is 18.1 Å². The first kappa shape index (κ1) is 15.3. The third-order valence-corrected chi connectivity index (χ3v) is 3.65. The van der Waals surface area contributed by atoms with Crippen LogP contribution in [0.3, 0.4) is 0 Å². The monoisotopic (exact) mass is 305 g/mol. The van der Waals surface area contributed by atoms with Gasteiger partial charge >= 0.3 is 0 Å². The van der Waals surface area contributed by atoms with Crippen LogP contribution < -0.4 is 4.74 Å². The molecule has 0 unspecified atom stereocenters. The largest absolute Gasteiger partial charge is 0.497 e. The molecule has 1 N–H and O–H groups in total. The molecule has 1 amide bonds. The van der Waals surface area contributed by atoms with Crippen LogP contribution in [0.25, 0.3) is 5.69 Å². The molecule has 0 atom stereocenters. The zero-order valence-electron chi connectivity index (χ0n) is 12.4. The van der Waals surface area contributed by atoms with Gasteiger partial charge in [-0.15, -0.1) is 0 Å². The first-order chi connectivity index (χ1) is 10.1. The predicted octanol–water partition coefficient (Wildman–Crippen LogP) is 3.03. The molecule has 1 heterocycles. The zero-order chi connectivity index (χ0) is 15.4. The van der Waals surface area contributed by atoms with Crippen molar-refractivity contribution in [3.8, 4) is 11.4 Å². The molecule has 2 rings (SSSR count). The number of imidazole rings is 1. The molecule has 0 bridgehead atoms. The van der Waals surface area contributed by atoms with Gasteiger partial charge in [0.1, 0.15) is 11.4 Å². The van der Waals surface area contributed by atoms with Gasteiger partial charge in [0, 0.05) is 25.0 Å². The second kappa shape index (κ2) is 6.58. The minimum Gasteiger partial charge on any atom is -0.497 e. The Morgan fingerprint density at radius 1 is 1.29 bits per heavy atom. The Hall–Kier alpha value is -2.08. The summed E-state index contributed by atoms with van der Waals surface area (Å²) < 4.78 is 7.41. The van der Waals surface area contributed by atoms with Crippen molar-refractivity contribution < 1.29 is 9.53 Å². The second-order valence-electron chi connectivity index (χ2n) is 4.52. The molecule has 6 heteroatoms. The Morgan fingerprint density at radius 2 is 1.90 bits per heavy atom. The Bertz CT molecular complexity index is 669. The van der Waals surface area contributed by atoms with Crippen LogP contribution in [-0.4, -0.2) is 40.6 Å². The van der Waals surface area contributed by atoms with E-state index in [4.69, 9.17) is 17.0 Å². The normalized spacial score (nSPS) is 10.4. The smallest absolute Gasteiger partial charge is 0.271 e. The number of benzene rings is 1. The highest BCUT2D eigenvalue weighted by Gasteiger charge is 2.15. The number of ether oxygens (including phenoxy) is 1. The number of carbonyl (C=O) groups excluding carboxylic acids is 1. The number of amides is 1. The zero-order valence-corrected chi connectivity index (χ0v) is 13.2. The fourth-order valence-corrected chi connectivity index (χ4v) is 2.39. The Morgan fingerprint density at radius 3 is 2.43 bits per heavy atom. The number of methoxy groups -OCH3 is 1. The maximum absolute atomic E-state index is 12.3. The molecule has 1 aromatic heterocycles. The standard InChI is InChI=1S/C15H19N3O2S/c1-4-17(5-2)14(19)13-10-18(15(21)16-13)11-6-8-12(20-3)9-7-11/h6-10H,4-5H2,1-3H3,(H,16,21). The number of H-pyrrole nitrogens is 1. The summed E-state index contributed by atoms with van der Waals surface area (Å²) in [7, 11) is 1.62. The highest BCUT2D eigenvalue weighted by atomic mass is 32.1. The molecular formula is C15H19N3O2S. The summed E-state index contributed by atoms with van der Waals surface area (Å²) in [5.41, 5.74) is 1.38. The summed E-state index contributed by atoms with van der Waals surface area (Å²) in [5, 5.41) is 0. The maximum Gasteiger partial charge on any atom is 0.271 e. The van der Waals surface area contributed by atoms with E-state index in [1.807, 2.05) is 38.1 Å². The number of carbonyl (C=O) groups is 1. The third kappa shape index (κ3) is 3.16. The molecule has 112 valence electrons. The first-order valence-corrected chi connectivity index (χ1v) is 7.26. The van der Waals surface area contributed by atoms with Crippen LogP contribution in [0.5, 0.6) is 5.75 Å². The van der Waals surface area contributed by atoms with Crippen molar-refractivity contribution in [1.29, 1.82) is 0 Å². The molecule has 1 aromatic carbocycles. The topological polar surface area (TPSA) is 50.3 Å². The van der Waals surface area contributed by atoms with E-state index in [1.165, 1.54) is 0 Å². The Balaban J connectivity index is 2.34. The number of hydrogen-bond acceptors (Lipinski definition) is 3. The van der Waals surface area contributed by atoms with Crippen molar-refractivity contribution in [2.24, 2.45) is 0 Å². The lowest BCUT2D eigenvalue weighted by Gasteiger charge is -2.17. The molecule has 5 nitrogen and oxygen atoms in total. The predicted molar refractivity (Wildman–Crippen MR) is 84.8 cm³/mol. The van der Waals surface area contributed by atoms with E-state index in [1.54, 1.807) is 22.8 Å². The van der Waals surface area contributed by atoms with Crippen LogP contribution in [0.4, 0.5) is 0 Å². The molecule has 0 fully saturated rings. The molecular weight excluding hydrogens is 286 g/mol. The second-order valence-corrected chi connectivity index (χ2v) is 4.91. The average molecular weight is 305 g/mol. The maximum atomic E-state index is 12.3. The molecule has 0 aliphatic rings. The summed E-state index contributed by atoms with van der Waals surface area (Å²) in [6.07, 6.45) is 1.74. The summed E-state index contributed by atoms with van der Waals surface area (Å²) in [6, 6.07) is 7.51. The quantitative estimate of drug-likeness (QED) is 0.864. The minimum atomic E-state index is -0.0432. The number of aromatic nitrogens is 2.